The number of carbonyl (C=O) groups is 1. The number of rotatable bonds is 9. The lowest BCUT2D eigenvalue weighted by atomic mass is 9.93. The predicted octanol–water partition coefficient (Wildman–Crippen LogP) is 7.06. The summed E-state index contributed by atoms with van der Waals surface area (Å²) >= 11 is 6.53. The summed E-state index contributed by atoms with van der Waals surface area (Å²) in [7, 11) is 0. The van der Waals surface area contributed by atoms with Crippen LogP contribution in [-0.4, -0.2) is 21.2 Å². The highest BCUT2D eigenvalue weighted by molar-refractivity contribution is 6.31. The van der Waals surface area contributed by atoms with Gasteiger partial charge in [-0.05, 0) is 80.5 Å². The van der Waals surface area contributed by atoms with Gasteiger partial charge >= 0.3 is 0 Å². The smallest absolute Gasteiger partial charge is 0.273 e. The number of nitrogens with zero attached hydrogens (tertiary/aromatic N) is 3. The molecule has 1 atom stereocenters. The van der Waals surface area contributed by atoms with Gasteiger partial charge in [0.25, 0.3) is 5.56 Å². The number of hydrogen-bond donors (Lipinski definition) is 1. The summed E-state index contributed by atoms with van der Waals surface area (Å²) in [6, 6.07) is 9.53. The minimum atomic E-state index is -0.722. The van der Waals surface area contributed by atoms with Crippen molar-refractivity contribution in [2.45, 2.75) is 52.9 Å². The van der Waals surface area contributed by atoms with Crippen molar-refractivity contribution in [2.75, 3.05) is 5.32 Å². The molecule has 1 unspecified atom stereocenters. The number of nitrogens with one attached hydrogen (secondary N) is 1. The van der Waals surface area contributed by atoms with E-state index in [1.165, 1.54) is 47.4 Å². The monoisotopic (exact) mass is 564 g/mol. The second-order valence-electron chi connectivity index (χ2n) is 10.3. The van der Waals surface area contributed by atoms with Crippen LogP contribution in [0.15, 0.2) is 70.7 Å². The van der Waals surface area contributed by atoms with E-state index in [1.54, 1.807) is 32.1 Å². The highest BCUT2D eigenvalue weighted by atomic mass is 35.5. The number of pyridine rings is 2. The van der Waals surface area contributed by atoms with Gasteiger partial charge in [0.05, 0.1) is 5.71 Å². The Morgan fingerprint density at radius 3 is 2.60 bits per heavy atom. The first-order valence-corrected chi connectivity index (χ1v) is 13.4. The van der Waals surface area contributed by atoms with Crippen molar-refractivity contribution in [3.63, 3.8) is 0 Å². The number of aliphatic imine (C=N–C) groups is 1. The number of carbonyl (C=O) groups excluding carboxylic acids is 1. The highest BCUT2D eigenvalue weighted by Crippen LogP contribution is 2.45. The van der Waals surface area contributed by atoms with Gasteiger partial charge in [0, 0.05) is 35.3 Å². The number of allylic oxidation sites excluding steroid dienone is 2. The number of aryl methyl sites for hydroxylation is 1. The van der Waals surface area contributed by atoms with Crippen molar-refractivity contribution in [1.29, 1.82) is 0 Å². The molecule has 1 saturated carbocycles. The molecule has 1 fully saturated rings. The van der Waals surface area contributed by atoms with Gasteiger partial charge in [-0.25, -0.2) is 13.8 Å². The fourth-order valence-electron chi connectivity index (χ4n) is 4.28. The molecule has 1 aliphatic carbocycles. The molecule has 1 aromatic carbocycles. The van der Waals surface area contributed by atoms with Gasteiger partial charge in [0.2, 0.25) is 5.91 Å². The molecule has 0 spiro atoms. The summed E-state index contributed by atoms with van der Waals surface area (Å²) in [5, 5.41) is 2.66. The van der Waals surface area contributed by atoms with E-state index in [9.17, 15) is 14.0 Å². The number of amides is 1. The molecule has 40 heavy (non-hydrogen) atoms. The number of benzene rings is 1. The Bertz CT molecular complexity index is 1570. The molecule has 1 amide bonds. The summed E-state index contributed by atoms with van der Waals surface area (Å²) < 4.78 is 30.1. The molecule has 1 aliphatic rings. The van der Waals surface area contributed by atoms with Crippen LogP contribution in [-0.2, 0) is 11.2 Å². The standard InChI is InChI=1S/C31H31ClF2N4O2/c1-5-14-35-25(23-10-15-36-28(27(23)34)37-30(40)31(4)12-13-31)11-16-38-20(3)18-24(26(32)29(38)39)19(2)17-21-6-8-22(33)9-7-21/h5-11,14-16,18-19H,12-13,17H2,1-4H3,(H,36,37,40)/b14-5+,16-11+,35-25-. The molecule has 0 radical (unpaired) electrons. The van der Waals surface area contributed by atoms with Crippen molar-refractivity contribution in [1.82, 2.24) is 9.55 Å². The Balaban J connectivity index is 1.64. The van der Waals surface area contributed by atoms with Crippen LogP contribution in [0.4, 0.5) is 14.6 Å². The zero-order chi connectivity index (χ0) is 29.0. The average Bonchev–Trinajstić information content (AvgIpc) is 3.69. The van der Waals surface area contributed by atoms with Crippen LogP contribution >= 0.6 is 11.6 Å². The molecular weight excluding hydrogens is 534 g/mol. The molecule has 4 rings (SSSR count). The second-order valence-corrected chi connectivity index (χ2v) is 10.7. The summed E-state index contributed by atoms with van der Waals surface area (Å²) in [6.45, 7) is 7.33. The van der Waals surface area contributed by atoms with E-state index in [0.717, 1.165) is 18.4 Å². The third-order valence-electron chi connectivity index (χ3n) is 7.08. The first-order valence-electron chi connectivity index (χ1n) is 13.0. The van der Waals surface area contributed by atoms with Gasteiger partial charge in [0.1, 0.15) is 10.8 Å². The average molecular weight is 565 g/mol. The Labute approximate surface area is 237 Å². The molecule has 0 saturated heterocycles. The predicted molar refractivity (Wildman–Crippen MR) is 156 cm³/mol. The zero-order valence-corrected chi connectivity index (χ0v) is 23.6. The maximum absolute atomic E-state index is 15.5. The largest absolute Gasteiger partial charge is 0.308 e. The molecular formula is C31H31ClF2N4O2. The lowest BCUT2D eigenvalue weighted by molar-refractivity contribution is -0.120. The first kappa shape index (κ1) is 29.1. The van der Waals surface area contributed by atoms with Crippen LogP contribution in [0.2, 0.25) is 5.02 Å². The van der Waals surface area contributed by atoms with Crippen LogP contribution < -0.4 is 10.9 Å². The third-order valence-corrected chi connectivity index (χ3v) is 7.46. The van der Waals surface area contributed by atoms with Gasteiger partial charge < -0.3 is 5.32 Å². The van der Waals surface area contributed by atoms with Crippen molar-refractivity contribution in [3.05, 3.63) is 110 Å². The van der Waals surface area contributed by atoms with E-state index in [0.29, 0.717) is 17.7 Å². The summed E-state index contributed by atoms with van der Waals surface area (Å²) in [6.07, 6.45) is 9.67. The van der Waals surface area contributed by atoms with E-state index in [2.05, 4.69) is 15.3 Å². The minimum Gasteiger partial charge on any atom is -0.308 e. The maximum atomic E-state index is 15.5. The molecule has 208 valence electrons. The molecule has 2 heterocycles. The number of anilines is 1. The Morgan fingerprint density at radius 2 is 1.95 bits per heavy atom. The van der Waals surface area contributed by atoms with Crippen molar-refractivity contribution >= 4 is 35.2 Å². The van der Waals surface area contributed by atoms with Gasteiger partial charge in [-0.3, -0.25) is 19.1 Å². The molecule has 0 aliphatic heterocycles. The SMILES string of the molecule is C/C=C/N=C(/C=C/n1c(C)cc(C(C)Cc2ccc(F)cc2)c(Cl)c1=O)c1ccnc(NC(=O)C2(C)CC2)c1F. The van der Waals surface area contributed by atoms with Crippen LogP contribution in [0.5, 0.6) is 0 Å². The number of hydrogen-bond acceptors (Lipinski definition) is 4. The van der Waals surface area contributed by atoms with E-state index in [1.807, 2.05) is 19.9 Å². The second kappa shape index (κ2) is 12.1. The van der Waals surface area contributed by atoms with E-state index >= 15 is 4.39 Å². The van der Waals surface area contributed by atoms with Crippen LogP contribution in [0.3, 0.4) is 0 Å². The topological polar surface area (TPSA) is 76.3 Å². The van der Waals surface area contributed by atoms with Gasteiger partial charge in [0.15, 0.2) is 11.6 Å². The van der Waals surface area contributed by atoms with Crippen LogP contribution in [0, 0.1) is 24.0 Å². The highest BCUT2D eigenvalue weighted by Gasteiger charge is 2.45. The van der Waals surface area contributed by atoms with E-state index in [4.69, 9.17) is 11.6 Å². The van der Waals surface area contributed by atoms with Gasteiger partial charge in [-0.2, -0.15) is 0 Å². The number of halogens is 3. The van der Waals surface area contributed by atoms with E-state index < -0.39 is 16.8 Å². The molecule has 3 aromatic rings. The summed E-state index contributed by atoms with van der Waals surface area (Å²) in [5.74, 6) is -1.57. The van der Waals surface area contributed by atoms with Crippen molar-refractivity contribution < 1.29 is 13.6 Å². The zero-order valence-electron chi connectivity index (χ0n) is 22.8. The third kappa shape index (κ3) is 6.45. The summed E-state index contributed by atoms with van der Waals surface area (Å²) in [5.41, 5.74) is 1.66. The fourth-order valence-corrected chi connectivity index (χ4v) is 4.61. The van der Waals surface area contributed by atoms with Gasteiger partial charge in [-0.1, -0.05) is 43.7 Å². The van der Waals surface area contributed by atoms with Gasteiger partial charge in [-0.15, -0.1) is 0 Å². The Hall–Kier alpha value is -3.91. The quantitative estimate of drug-likeness (QED) is 0.283. The molecule has 6 nitrogen and oxygen atoms in total. The first-order chi connectivity index (χ1) is 19.0. The fraction of sp³-hybridized carbons (Fsp3) is 0.290. The molecule has 0 bridgehead atoms. The van der Waals surface area contributed by atoms with Crippen molar-refractivity contribution in [2.24, 2.45) is 10.4 Å². The lowest BCUT2D eigenvalue weighted by Crippen LogP contribution is -2.23. The maximum Gasteiger partial charge on any atom is 0.273 e. The summed E-state index contributed by atoms with van der Waals surface area (Å²) in [4.78, 5) is 34.1. The van der Waals surface area contributed by atoms with Crippen LogP contribution in [0.1, 0.15) is 61.9 Å². The lowest BCUT2D eigenvalue weighted by Gasteiger charge is -2.16. The van der Waals surface area contributed by atoms with Crippen LogP contribution in [0.25, 0.3) is 6.20 Å². The Morgan fingerprint density at radius 1 is 1.25 bits per heavy atom. The Kier molecular flexibility index (Phi) is 8.79. The molecule has 1 N–H and O–H groups in total. The normalized spacial score (nSPS) is 15.5. The van der Waals surface area contributed by atoms with Crippen molar-refractivity contribution in [3.8, 4) is 0 Å². The molecule has 9 heteroatoms. The minimum absolute atomic E-state index is 0.0745. The van der Waals surface area contributed by atoms with E-state index in [-0.39, 0.29) is 39.8 Å². The molecule has 2 aromatic heterocycles. The number of aromatic nitrogens is 2.